The van der Waals surface area contributed by atoms with Gasteiger partial charge in [-0.3, -0.25) is 9.89 Å². The molecular formula is C22H39IN6O. The first-order chi connectivity index (χ1) is 14.1. The van der Waals surface area contributed by atoms with Crippen LogP contribution >= 0.6 is 24.0 Å². The SMILES string of the molecule is CCNC(=NCC(C)CN1CCOCC1)NC1CCN(c2cccc(C)n2)CC1.I. The summed E-state index contributed by atoms with van der Waals surface area (Å²) in [6, 6.07) is 6.72. The van der Waals surface area contributed by atoms with E-state index in [1.807, 2.05) is 0 Å². The second-order valence-electron chi connectivity index (χ2n) is 8.28. The lowest BCUT2D eigenvalue weighted by atomic mass is 10.1. The molecule has 0 spiro atoms. The van der Waals surface area contributed by atoms with Crippen molar-refractivity contribution in [2.24, 2.45) is 10.9 Å². The molecule has 0 radical (unpaired) electrons. The Balaban J connectivity index is 0.00000320. The number of piperidine rings is 1. The van der Waals surface area contributed by atoms with Crippen LogP contribution in [-0.2, 0) is 4.74 Å². The van der Waals surface area contributed by atoms with Gasteiger partial charge in [0.2, 0.25) is 0 Å². The van der Waals surface area contributed by atoms with E-state index in [-0.39, 0.29) is 24.0 Å². The highest BCUT2D eigenvalue weighted by Crippen LogP contribution is 2.18. The highest BCUT2D eigenvalue weighted by Gasteiger charge is 2.21. The first-order valence-electron chi connectivity index (χ1n) is 11.2. The summed E-state index contributed by atoms with van der Waals surface area (Å²) < 4.78 is 5.44. The standard InChI is InChI=1S/C22H38N6O.HI/c1-4-23-22(24-16-18(2)17-27-12-14-29-15-13-27)26-20-8-10-28(11-9-20)21-7-5-6-19(3)25-21;/h5-7,18,20H,4,8-17H2,1-3H3,(H2,23,24,26);1H. The molecule has 2 saturated heterocycles. The van der Waals surface area contributed by atoms with Crippen LogP contribution < -0.4 is 15.5 Å². The Hall–Kier alpha value is -1.13. The third-order valence-electron chi connectivity index (χ3n) is 5.61. The van der Waals surface area contributed by atoms with Crippen molar-refractivity contribution < 1.29 is 4.74 Å². The van der Waals surface area contributed by atoms with Crippen molar-refractivity contribution in [2.75, 3.05) is 63.9 Å². The number of hydrogen-bond acceptors (Lipinski definition) is 5. The van der Waals surface area contributed by atoms with E-state index in [1.165, 1.54) is 0 Å². The Morgan fingerprint density at radius 1 is 1.23 bits per heavy atom. The molecule has 1 unspecified atom stereocenters. The van der Waals surface area contributed by atoms with Crippen LogP contribution in [0.15, 0.2) is 23.2 Å². The van der Waals surface area contributed by atoms with Gasteiger partial charge in [-0.15, -0.1) is 24.0 Å². The Morgan fingerprint density at radius 2 is 1.97 bits per heavy atom. The first-order valence-corrected chi connectivity index (χ1v) is 11.2. The summed E-state index contributed by atoms with van der Waals surface area (Å²) in [5.74, 6) is 2.59. The van der Waals surface area contributed by atoms with Gasteiger partial charge >= 0.3 is 0 Å². The number of pyridine rings is 1. The lowest BCUT2D eigenvalue weighted by molar-refractivity contribution is 0.0323. The van der Waals surface area contributed by atoms with Crippen LogP contribution in [0.1, 0.15) is 32.4 Å². The Labute approximate surface area is 199 Å². The van der Waals surface area contributed by atoms with E-state index in [1.54, 1.807) is 0 Å². The fourth-order valence-electron chi connectivity index (χ4n) is 4.00. The minimum Gasteiger partial charge on any atom is -0.379 e. The summed E-state index contributed by atoms with van der Waals surface area (Å²) >= 11 is 0. The first kappa shape index (κ1) is 25.1. The maximum absolute atomic E-state index is 5.44. The Kier molecular flexibility index (Phi) is 11.2. The maximum atomic E-state index is 5.44. The average Bonchev–Trinajstić information content (AvgIpc) is 2.73. The largest absolute Gasteiger partial charge is 0.379 e. The number of rotatable bonds is 7. The number of aryl methyl sites for hydroxylation is 1. The summed E-state index contributed by atoms with van der Waals surface area (Å²) in [4.78, 5) is 14.4. The molecule has 3 rings (SSSR count). The zero-order valence-corrected chi connectivity index (χ0v) is 21.1. The number of nitrogens with zero attached hydrogens (tertiary/aromatic N) is 4. The molecule has 2 aliphatic heterocycles. The van der Waals surface area contributed by atoms with E-state index in [9.17, 15) is 0 Å². The van der Waals surface area contributed by atoms with Crippen molar-refractivity contribution in [1.82, 2.24) is 20.5 Å². The summed E-state index contributed by atoms with van der Waals surface area (Å²) in [5.41, 5.74) is 1.08. The molecule has 0 amide bonds. The highest BCUT2D eigenvalue weighted by atomic mass is 127. The van der Waals surface area contributed by atoms with Gasteiger partial charge in [-0.05, 0) is 44.7 Å². The summed E-state index contributed by atoms with van der Waals surface area (Å²) in [6.07, 6.45) is 2.20. The molecule has 1 aromatic rings. The highest BCUT2D eigenvalue weighted by molar-refractivity contribution is 14.0. The minimum absolute atomic E-state index is 0. The van der Waals surface area contributed by atoms with Crippen molar-refractivity contribution in [2.45, 2.75) is 39.7 Å². The molecule has 2 fully saturated rings. The van der Waals surface area contributed by atoms with Gasteiger partial charge in [0.15, 0.2) is 5.96 Å². The van der Waals surface area contributed by atoms with Crippen LogP contribution in [0.4, 0.5) is 5.82 Å². The lowest BCUT2D eigenvalue weighted by Gasteiger charge is -2.34. The van der Waals surface area contributed by atoms with Gasteiger partial charge in [-0.25, -0.2) is 4.98 Å². The normalized spacial score (nSPS) is 19.8. The molecule has 3 heterocycles. The minimum atomic E-state index is 0. The number of morpholine rings is 1. The molecular weight excluding hydrogens is 491 g/mol. The molecule has 8 heteroatoms. The van der Waals surface area contributed by atoms with Gasteiger partial charge in [0.1, 0.15) is 5.82 Å². The predicted molar refractivity (Wildman–Crippen MR) is 135 cm³/mol. The molecule has 0 aromatic carbocycles. The van der Waals surface area contributed by atoms with Gasteiger partial charge in [0, 0.05) is 57.5 Å². The summed E-state index contributed by atoms with van der Waals surface area (Å²) in [6.45, 7) is 15.1. The van der Waals surface area contributed by atoms with Crippen molar-refractivity contribution in [3.05, 3.63) is 23.9 Å². The van der Waals surface area contributed by atoms with Gasteiger partial charge in [0.25, 0.3) is 0 Å². The quantitative estimate of drug-likeness (QED) is 0.321. The van der Waals surface area contributed by atoms with Gasteiger partial charge in [0.05, 0.1) is 13.2 Å². The van der Waals surface area contributed by atoms with Crippen LogP contribution in [0.2, 0.25) is 0 Å². The van der Waals surface area contributed by atoms with Gasteiger partial charge in [-0.1, -0.05) is 13.0 Å². The van der Waals surface area contributed by atoms with E-state index in [0.29, 0.717) is 12.0 Å². The smallest absolute Gasteiger partial charge is 0.191 e. The number of anilines is 1. The van der Waals surface area contributed by atoms with Gasteiger partial charge in [-0.2, -0.15) is 0 Å². The lowest BCUT2D eigenvalue weighted by Crippen LogP contribution is -2.49. The molecule has 1 aromatic heterocycles. The fraction of sp³-hybridized carbons (Fsp3) is 0.727. The predicted octanol–water partition coefficient (Wildman–Crippen LogP) is 2.50. The molecule has 2 N–H and O–H groups in total. The average molecular weight is 530 g/mol. The topological polar surface area (TPSA) is 65.0 Å². The molecule has 0 saturated carbocycles. The van der Waals surface area contributed by atoms with Gasteiger partial charge < -0.3 is 20.3 Å². The molecule has 170 valence electrons. The zero-order chi connectivity index (χ0) is 20.5. The maximum Gasteiger partial charge on any atom is 0.191 e. The van der Waals surface area contributed by atoms with Crippen molar-refractivity contribution >= 4 is 35.8 Å². The van der Waals surface area contributed by atoms with E-state index >= 15 is 0 Å². The zero-order valence-electron chi connectivity index (χ0n) is 18.8. The molecule has 0 bridgehead atoms. The summed E-state index contributed by atoms with van der Waals surface area (Å²) in [5, 5.41) is 7.08. The third kappa shape index (κ3) is 8.19. The van der Waals surface area contributed by atoms with E-state index < -0.39 is 0 Å². The third-order valence-corrected chi connectivity index (χ3v) is 5.61. The number of aromatic nitrogens is 1. The van der Waals surface area contributed by atoms with E-state index in [0.717, 1.165) is 89.3 Å². The molecule has 1 atom stereocenters. The second kappa shape index (κ2) is 13.3. The number of halogens is 1. The van der Waals surface area contributed by atoms with Crippen molar-refractivity contribution in [3.8, 4) is 0 Å². The van der Waals surface area contributed by atoms with Crippen LogP contribution in [0.3, 0.4) is 0 Å². The molecule has 30 heavy (non-hydrogen) atoms. The number of hydrogen-bond donors (Lipinski definition) is 2. The molecule has 7 nitrogen and oxygen atoms in total. The number of aliphatic imine (C=N–C) groups is 1. The monoisotopic (exact) mass is 530 g/mol. The van der Waals surface area contributed by atoms with Crippen LogP contribution in [0.5, 0.6) is 0 Å². The number of ether oxygens (including phenoxy) is 1. The second-order valence-corrected chi connectivity index (χ2v) is 8.28. The van der Waals surface area contributed by atoms with Crippen LogP contribution in [-0.4, -0.2) is 80.9 Å². The molecule has 0 aliphatic carbocycles. The Morgan fingerprint density at radius 3 is 2.63 bits per heavy atom. The fourth-order valence-corrected chi connectivity index (χ4v) is 4.00. The van der Waals surface area contributed by atoms with E-state index in [2.05, 4.69) is 64.4 Å². The van der Waals surface area contributed by atoms with E-state index in [4.69, 9.17) is 9.73 Å². The van der Waals surface area contributed by atoms with Crippen molar-refractivity contribution in [1.29, 1.82) is 0 Å². The number of guanidine groups is 1. The van der Waals surface area contributed by atoms with Crippen LogP contribution in [0.25, 0.3) is 0 Å². The Bertz CT molecular complexity index is 644. The van der Waals surface area contributed by atoms with Crippen molar-refractivity contribution in [3.63, 3.8) is 0 Å². The summed E-state index contributed by atoms with van der Waals surface area (Å²) in [7, 11) is 0. The van der Waals surface area contributed by atoms with Crippen LogP contribution in [0, 0.1) is 12.8 Å². The number of nitrogens with one attached hydrogen (secondary N) is 2. The molecule has 2 aliphatic rings.